The lowest BCUT2D eigenvalue weighted by atomic mass is 9.87. The van der Waals surface area contributed by atoms with Crippen LogP contribution in [0.3, 0.4) is 0 Å². The van der Waals surface area contributed by atoms with Crippen molar-refractivity contribution in [3.8, 4) is 24.0 Å². The number of rotatable bonds is 7. The lowest BCUT2D eigenvalue weighted by molar-refractivity contribution is 0.414. The van der Waals surface area contributed by atoms with E-state index in [2.05, 4.69) is 17.1 Å². The Morgan fingerprint density at radius 3 is 2.36 bits per heavy atom. The number of nitrogens with zero attached hydrogens (tertiary/aromatic N) is 5. The summed E-state index contributed by atoms with van der Waals surface area (Å²) in [6, 6.07) is 13.8. The van der Waals surface area contributed by atoms with Gasteiger partial charge in [0.1, 0.15) is 40.7 Å². The number of pyridine rings is 1. The second-order valence-corrected chi connectivity index (χ2v) is 6.12. The summed E-state index contributed by atoms with van der Waals surface area (Å²) in [4.78, 5) is 6.19. The van der Waals surface area contributed by atoms with Gasteiger partial charge in [-0.15, -0.1) is 0 Å². The highest BCUT2D eigenvalue weighted by Crippen LogP contribution is 2.34. The van der Waals surface area contributed by atoms with E-state index in [0.717, 1.165) is 5.56 Å². The molecule has 0 aliphatic carbocycles. The first-order valence-electron chi connectivity index (χ1n) is 8.95. The second kappa shape index (κ2) is 9.26. The fourth-order valence-corrected chi connectivity index (χ4v) is 3.18. The van der Waals surface area contributed by atoms with E-state index in [4.69, 9.17) is 10.5 Å². The first kappa shape index (κ1) is 20.6. The van der Waals surface area contributed by atoms with Gasteiger partial charge in [0.2, 0.25) is 0 Å². The van der Waals surface area contributed by atoms with Crippen LogP contribution in [0.5, 0.6) is 5.75 Å². The van der Waals surface area contributed by atoms with Crippen LogP contribution in [0, 0.1) is 34.0 Å². The molecule has 0 spiro atoms. The van der Waals surface area contributed by atoms with Gasteiger partial charge in [-0.25, -0.2) is 4.98 Å². The molecule has 0 fully saturated rings. The molecular formula is C21H22N6O. The average Bonchev–Trinajstić information content (AvgIpc) is 2.72. The number of nitriles is 3. The molecule has 2 N–H and O–H groups in total. The smallest absolute Gasteiger partial charge is 0.149 e. The van der Waals surface area contributed by atoms with E-state index < -0.39 is 5.92 Å². The van der Waals surface area contributed by atoms with Gasteiger partial charge < -0.3 is 15.4 Å². The summed E-state index contributed by atoms with van der Waals surface area (Å²) < 4.78 is 5.24. The third-order valence-electron chi connectivity index (χ3n) is 4.61. The zero-order valence-corrected chi connectivity index (χ0v) is 16.2. The zero-order chi connectivity index (χ0) is 20.7. The summed E-state index contributed by atoms with van der Waals surface area (Å²) in [6.45, 7) is 5.13. The maximum absolute atomic E-state index is 9.87. The number of ether oxygens (including phenoxy) is 1. The highest BCUT2D eigenvalue weighted by atomic mass is 16.5. The predicted octanol–water partition coefficient (Wildman–Crippen LogP) is 3.11. The lowest BCUT2D eigenvalue weighted by Gasteiger charge is -2.24. The number of hydrogen-bond acceptors (Lipinski definition) is 7. The molecule has 7 heteroatoms. The molecule has 28 heavy (non-hydrogen) atoms. The number of hydrogen-bond donors (Lipinski definition) is 1. The Bertz CT molecular complexity index is 976. The van der Waals surface area contributed by atoms with Crippen LogP contribution >= 0.6 is 0 Å². The Labute approximate surface area is 165 Å². The molecule has 1 aromatic carbocycles. The molecular weight excluding hydrogens is 352 g/mol. The van der Waals surface area contributed by atoms with Crippen molar-refractivity contribution in [2.24, 2.45) is 0 Å². The van der Waals surface area contributed by atoms with Crippen LogP contribution in [0.4, 0.5) is 11.6 Å². The van der Waals surface area contributed by atoms with Gasteiger partial charge in [-0.1, -0.05) is 12.1 Å². The standard InChI is InChI=1S/C21H22N6O/c1-4-27(5-2)21-18(13-24)19(17(12-23)20(25)26-21)15(11-22)9-14-7-6-8-16(10-14)28-3/h6-8,10,15H,4-5,9H2,1-3H3,(H2,25,26)/t15-/m1/s1. The highest BCUT2D eigenvalue weighted by molar-refractivity contribution is 5.70. The largest absolute Gasteiger partial charge is 0.497 e. The fourth-order valence-electron chi connectivity index (χ4n) is 3.18. The zero-order valence-electron chi connectivity index (χ0n) is 16.2. The summed E-state index contributed by atoms with van der Waals surface area (Å²) in [7, 11) is 1.57. The van der Waals surface area contributed by atoms with E-state index in [1.807, 2.05) is 49.1 Å². The summed E-state index contributed by atoms with van der Waals surface area (Å²) in [5.74, 6) is 0.387. The monoisotopic (exact) mass is 374 g/mol. The molecule has 0 aliphatic rings. The minimum Gasteiger partial charge on any atom is -0.497 e. The Balaban J connectivity index is 2.67. The van der Waals surface area contributed by atoms with Crippen LogP contribution in [-0.2, 0) is 6.42 Å². The van der Waals surface area contributed by atoms with Crippen molar-refractivity contribution < 1.29 is 4.74 Å². The molecule has 0 unspecified atom stereocenters. The van der Waals surface area contributed by atoms with E-state index in [1.165, 1.54) is 0 Å². The summed E-state index contributed by atoms with van der Waals surface area (Å²) in [5, 5.41) is 29.3. The van der Waals surface area contributed by atoms with Crippen molar-refractivity contribution in [2.75, 3.05) is 30.8 Å². The molecule has 142 valence electrons. The molecule has 1 aromatic heterocycles. The first-order valence-corrected chi connectivity index (χ1v) is 8.95. The maximum Gasteiger partial charge on any atom is 0.149 e. The third kappa shape index (κ3) is 3.98. The Morgan fingerprint density at radius 1 is 1.14 bits per heavy atom. The molecule has 0 saturated heterocycles. The second-order valence-electron chi connectivity index (χ2n) is 6.12. The van der Waals surface area contributed by atoms with E-state index in [9.17, 15) is 15.8 Å². The number of anilines is 2. The van der Waals surface area contributed by atoms with Crippen molar-refractivity contribution in [1.82, 2.24) is 4.98 Å². The first-order chi connectivity index (χ1) is 13.5. The van der Waals surface area contributed by atoms with Crippen molar-refractivity contribution in [3.05, 3.63) is 46.5 Å². The van der Waals surface area contributed by atoms with E-state index in [-0.39, 0.29) is 16.9 Å². The molecule has 0 saturated carbocycles. The molecule has 7 nitrogen and oxygen atoms in total. The van der Waals surface area contributed by atoms with E-state index in [0.29, 0.717) is 36.6 Å². The molecule has 1 atom stereocenters. The van der Waals surface area contributed by atoms with Gasteiger partial charge in [0, 0.05) is 18.7 Å². The third-order valence-corrected chi connectivity index (χ3v) is 4.61. The number of nitrogen functional groups attached to an aromatic ring is 1. The molecule has 2 aromatic rings. The summed E-state index contributed by atoms with van der Waals surface area (Å²) in [5.41, 5.74) is 7.54. The maximum atomic E-state index is 9.87. The van der Waals surface area contributed by atoms with Crippen LogP contribution in [-0.4, -0.2) is 25.2 Å². The quantitative estimate of drug-likeness (QED) is 0.789. The van der Waals surface area contributed by atoms with Gasteiger partial charge in [-0.3, -0.25) is 0 Å². The van der Waals surface area contributed by atoms with Gasteiger partial charge in [-0.05, 0) is 38.0 Å². The topological polar surface area (TPSA) is 123 Å². The van der Waals surface area contributed by atoms with Crippen molar-refractivity contribution in [3.63, 3.8) is 0 Å². The van der Waals surface area contributed by atoms with Crippen molar-refractivity contribution in [1.29, 1.82) is 15.8 Å². The van der Waals surface area contributed by atoms with Gasteiger partial charge in [0.25, 0.3) is 0 Å². The fraction of sp³-hybridized carbons (Fsp3) is 0.333. The normalized spacial score (nSPS) is 11.0. The minimum absolute atomic E-state index is 0.0318. The number of methoxy groups -OCH3 is 1. The minimum atomic E-state index is -0.726. The number of benzene rings is 1. The summed E-state index contributed by atoms with van der Waals surface area (Å²) in [6.07, 6.45) is 0.318. The predicted molar refractivity (Wildman–Crippen MR) is 107 cm³/mol. The molecule has 0 aliphatic heterocycles. The van der Waals surface area contributed by atoms with Crippen LogP contribution < -0.4 is 15.4 Å². The molecule has 1 heterocycles. The number of aromatic nitrogens is 1. The molecule has 0 amide bonds. The highest BCUT2D eigenvalue weighted by Gasteiger charge is 2.27. The Kier molecular flexibility index (Phi) is 6.79. The molecule has 0 radical (unpaired) electrons. The SMILES string of the molecule is CCN(CC)c1nc(N)c(C#N)c([C@@H](C#N)Cc2cccc(OC)c2)c1C#N. The van der Waals surface area contributed by atoms with Gasteiger partial charge in [0.15, 0.2) is 0 Å². The van der Waals surface area contributed by atoms with Crippen LogP contribution in [0.2, 0.25) is 0 Å². The Hall–Kier alpha value is -3.76. The van der Waals surface area contributed by atoms with Crippen molar-refractivity contribution >= 4 is 11.6 Å². The van der Waals surface area contributed by atoms with Crippen LogP contribution in [0.15, 0.2) is 24.3 Å². The number of nitrogens with two attached hydrogens (primary N) is 1. The van der Waals surface area contributed by atoms with E-state index in [1.54, 1.807) is 7.11 Å². The molecule has 0 bridgehead atoms. The van der Waals surface area contributed by atoms with Crippen LogP contribution in [0.25, 0.3) is 0 Å². The lowest BCUT2D eigenvalue weighted by Crippen LogP contribution is -2.26. The average molecular weight is 374 g/mol. The molecule has 2 rings (SSSR count). The van der Waals surface area contributed by atoms with E-state index >= 15 is 0 Å². The summed E-state index contributed by atoms with van der Waals surface area (Å²) >= 11 is 0. The van der Waals surface area contributed by atoms with Crippen molar-refractivity contribution in [2.45, 2.75) is 26.2 Å². The van der Waals surface area contributed by atoms with Crippen LogP contribution in [0.1, 0.15) is 42.0 Å². The van der Waals surface area contributed by atoms with Gasteiger partial charge in [-0.2, -0.15) is 15.8 Å². The van der Waals surface area contributed by atoms with Gasteiger partial charge >= 0.3 is 0 Å². The Morgan fingerprint density at radius 2 is 1.82 bits per heavy atom. The van der Waals surface area contributed by atoms with Gasteiger partial charge in [0.05, 0.1) is 19.1 Å².